The van der Waals surface area contributed by atoms with Crippen molar-refractivity contribution in [1.29, 1.82) is 0 Å². The number of para-hydroxylation sites is 1. The van der Waals surface area contributed by atoms with Gasteiger partial charge in [-0.3, -0.25) is 4.98 Å². The number of benzene rings is 1. The Morgan fingerprint density at radius 1 is 1.22 bits per heavy atom. The predicted molar refractivity (Wildman–Crippen MR) is 73.0 cm³/mol. The van der Waals surface area contributed by atoms with E-state index in [4.69, 9.17) is 5.73 Å². The van der Waals surface area contributed by atoms with Crippen molar-refractivity contribution in [2.75, 3.05) is 6.26 Å². The highest BCUT2D eigenvalue weighted by Crippen LogP contribution is 2.25. The van der Waals surface area contributed by atoms with Gasteiger partial charge >= 0.3 is 0 Å². The summed E-state index contributed by atoms with van der Waals surface area (Å²) in [5.74, 6) is 0. The average molecular weight is 264 g/mol. The molecule has 2 aromatic rings. The molecule has 0 amide bonds. The van der Waals surface area contributed by atoms with Gasteiger partial charge in [-0.2, -0.15) is 0 Å². The molecule has 1 heterocycles. The highest BCUT2D eigenvalue weighted by atomic mass is 32.2. The highest BCUT2D eigenvalue weighted by Gasteiger charge is 2.25. The average Bonchev–Trinajstić information content (AvgIpc) is 2.35. The first-order valence-corrected chi connectivity index (χ1v) is 7.65. The zero-order valence-corrected chi connectivity index (χ0v) is 11.2. The first kappa shape index (κ1) is 13.0. The molecule has 1 aromatic carbocycles. The number of fused-ring (bicyclic) bond motifs is 1. The minimum Gasteiger partial charge on any atom is -0.323 e. The van der Waals surface area contributed by atoms with Gasteiger partial charge in [-0.15, -0.1) is 0 Å². The molecular formula is C13H16N2O2S. The number of pyridine rings is 1. The Hall–Kier alpha value is -1.46. The summed E-state index contributed by atoms with van der Waals surface area (Å²) in [5, 5.41) is 0.330. The van der Waals surface area contributed by atoms with Crippen LogP contribution in [0.15, 0.2) is 36.5 Å². The van der Waals surface area contributed by atoms with E-state index in [0.717, 1.165) is 16.5 Å². The fourth-order valence-corrected chi connectivity index (χ4v) is 2.60. The lowest BCUT2D eigenvalue weighted by molar-refractivity contribution is 0.571. The Balaban J connectivity index is 2.55. The fourth-order valence-electron chi connectivity index (χ4n) is 1.92. The van der Waals surface area contributed by atoms with Crippen molar-refractivity contribution in [2.45, 2.75) is 18.2 Å². The zero-order chi connectivity index (χ0) is 13.3. The Bertz CT molecular complexity index is 662. The van der Waals surface area contributed by atoms with Gasteiger partial charge in [-0.1, -0.05) is 24.3 Å². The molecule has 96 valence electrons. The van der Waals surface area contributed by atoms with Crippen molar-refractivity contribution in [1.82, 2.24) is 4.98 Å². The van der Waals surface area contributed by atoms with E-state index >= 15 is 0 Å². The molecule has 0 radical (unpaired) electrons. The number of nitrogens with zero attached hydrogens (tertiary/aromatic N) is 1. The standard InChI is InChI=1S/C13H16N2O2S/c1-9(18(2,16)17)12(14)11-7-3-5-10-6-4-8-15-13(10)11/h3-9,12H,14H2,1-2H3. The summed E-state index contributed by atoms with van der Waals surface area (Å²) in [4.78, 5) is 4.29. The van der Waals surface area contributed by atoms with Crippen LogP contribution in [0, 0.1) is 0 Å². The van der Waals surface area contributed by atoms with Gasteiger partial charge in [-0.05, 0) is 18.6 Å². The summed E-state index contributed by atoms with van der Waals surface area (Å²) in [5.41, 5.74) is 7.61. The molecule has 2 unspecified atom stereocenters. The minimum absolute atomic E-state index is 0.571. The lowest BCUT2D eigenvalue weighted by Gasteiger charge is -2.19. The van der Waals surface area contributed by atoms with E-state index in [2.05, 4.69) is 4.98 Å². The third-order valence-electron chi connectivity index (χ3n) is 3.20. The topological polar surface area (TPSA) is 73.0 Å². The fraction of sp³-hybridized carbons (Fsp3) is 0.308. The second-order valence-electron chi connectivity index (χ2n) is 4.48. The van der Waals surface area contributed by atoms with E-state index in [1.54, 1.807) is 13.1 Å². The van der Waals surface area contributed by atoms with Crippen molar-refractivity contribution in [3.63, 3.8) is 0 Å². The molecule has 0 aliphatic carbocycles. The molecule has 2 N–H and O–H groups in total. The molecule has 0 bridgehead atoms. The second kappa shape index (κ2) is 4.66. The van der Waals surface area contributed by atoms with Crippen LogP contribution in [0.5, 0.6) is 0 Å². The van der Waals surface area contributed by atoms with Gasteiger partial charge in [0, 0.05) is 23.9 Å². The van der Waals surface area contributed by atoms with Crippen molar-refractivity contribution >= 4 is 20.7 Å². The first-order chi connectivity index (χ1) is 8.41. The van der Waals surface area contributed by atoms with Crippen LogP contribution in [0.2, 0.25) is 0 Å². The number of aromatic nitrogens is 1. The molecule has 2 atom stereocenters. The summed E-state index contributed by atoms with van der Waals surface area (Å²) >= 11 is 0. The monoisotopic (exact) mass is 264 g/mol. The second-order valence-corrected chi connectivity index (χ2v) is 6.89. The van der Waals surface area contributed by atoms with E-state index in [1.165, 1.54) is 6.26 Å². The zero-order valence-electron chi connectivity index (χ0n) is 10.4. The van der Waals surface area contributed by atoms with Crippen LogP contribution >= 0.6 is 0 Å². The predicted octanol–water partition coefficient (Wildman–Crippen LogP) is 1.67. The number of hydrogen-bond acceptors (Lipinski definition) is 4. The van der Waals surface area contributed by atoms with Crippen LogP contribution in [0.1, 0.15) is 18.5 Å². The smallest absolute Gasteiger partial charge is 0.151 e. The Morgan fingerprint density at radius 2 is 1.89 bits per heavy atom. The third kappa shape index (κ3) is 2.37. The lowest BCUT2D eigenvalue weighted by atomic mass is 10.0. The molecule has 4 nitrogen and oxygen atoms in total. The van der Waals surface area contributed by atoms with E-state index in [1.807, 2.05) is 30.3 Å². The Labute approximate surface area is 107 Å². The van der Waals surface area contributed by atoms with Gasteiger partial charge in [0.1, 0.15) is 0 Å². The maximum atomic E-state index is 11.6. The van der Waals surface area contributed by atoms with Crippen molar-refractivity contribution < 1.29 is 8.42 Å². The normalized spacial score (nSPS) is 15.5. The van der Waals surface area contributed by atoms with Gasteiger partial charge < -0.3 is 5.73 Å². The molecule has 0 spiro atoms. The van der Waals surface area contributed by atoms with Crippen LogP contribution in [0.25, 0.3) is 10.9 Å². The largest absolute Gasteiger partial charge is 0.323 e. The van der Waals surface area contributed by atoms with Crippen LogP contribution in [-0.4, -0.2) is 24.9 Å². The van der Waals surface area contributed by atoms with Gasteiger partial charge in [0.2, 0.25) is 0 Å². The third-order valence-corrected chi connectivity index (χ3v) is 4.85. The van der Waals surface area contributed by atoms with E-state index < -0.39 is 21.1 Å². The van der Waals surface area contributed by atoms with Crippen molar-refractivity contribution in [2.24, 2.45) is 5.73 Å². The SMILES string of the molecule is CC(C(N)c1cccc2cccnc12)S(C)(=O)=O. The van der Waals surface area contributed by atoms with E-state index in [9.17, 15) is 8.42 Å². The van der Waals surface area contributed by atoms with Crippen LogP contribution in [-0.2, 0) is 9.84 Å². The van der Waals surface area contributed by atoms with Crippen LogP contribution in [0.4, 0.5) is 0 Å². The van der Waals surface area contributed by atoms with Crippen molar-refractivity contribution in [3.8, 4) is 0 Å². The molecular weight excluding hydrogens is 248 g/mol. The van der Waals surface area contributed by atoms with Crippen LogP contribution in [0.3, 0.4) is 0 Å². The maximum absolute atomic E-state index is 11.6. The minimum atomic E-state index is -3.17. The quantitative estimate of drug-likeness (QED) is 0.915. The number of sulfone groups is 1. The molecule has 2 rings (SSSR count). The van der Waals surface area contributed by atoms with E-state index in [-0.39, 0.29) is 0 Å². The molecule has 5 heteroatoms. The van der Waals surface area contributed by atoms with Gasteiger partial charge in [0.05, 0.1) is 10.8 Å². The van der Waals surface area contributed by atoms with Gasteiger partial charge in [0.15, 0.2) is 9.84 Å². The molecule has 1 aromatic heterocycles. The molecule has 0 saturated heterocycles. The molecule has 0 fully saturated rings. The summed E-state index contributed by atoms with van der Waals surface area (Å²) in [7, 11) is -3.17. The lowest BCUT2D eigenvalue weighted by Crippen LogP contribution is -2.30. The summed E-state index contributed by atoms with van der Waals surface area (Å²) < 4.78 is 23.2. The highest BCUT2D eigenvalue weighted by molar-refractivity contribution is 7.91. The van der Waals surface area contributed by atoms with E-state index in [0.29, 0.717) is 0 Å². The first-order valence-electron chi connectivity index (χ1n) is 5.69. The molecule has 0 aliphatic heterocycles. The summed E-state index contributed by atoms with van der Waals surface area (Å²) in [6, 6.07) is 8.85. The molecule has 18 heavy (non-hydrogen) atoms. The molecule has 0 saturated carbocycles. The maximum Gasteiger partial charge on any atom is 0.151 e. The number of rotatable bonds is 3. The van der Waals surface area contributed by atoms with Gasteiger partial charge in [-0.25, -0.2) is 8.42 Å². The number of hydrogen-bond donors (Lipinski definition) is 1. The summed E-state index contributed by atoms with van der Waals surface area (Å²) in [6.45, 7) is 1.63. The number of nitrogens with two attached hydrogens (primary N) is 1. The van der Waals surface area contributed by atoms with Crippen molar-refractivity contribution in [3.05, 3.63) is 42.1 Å². The Kier molecular flexibility index (Phi) is 3.36. The Morgan fingerprint density at radius 3 is 2.56 bits per heavy atom. The van der Waals surface area contributed by atoms with Crippen LogP contribution < -0.4 is 5.73 Å². The molecule has 0 aliphatic rings. The summed E-state index contributed by atoms with van der Waals surface area (Å²) in [6.07, 6.45) is 2.89. The van der Waals surface area contributed by atoms with Gasteiger partial charge in [0.25, 0.3) is 0 Å².